The number of aliphatic imine (C=N–C) groups is 1. The first kappa shape index (κ1) is 19.4. The Kier molecular flexibility index (Phi) is 6.16. The number of guanidine groups is 1. The van der Waals surface area contributed by atoms with E-state index < -0.39 is 0 Å². The van der Waals surface area contributed by atoms with Gasteiger partial charge in [0.15, 0.2) is 5.96 Å². The number of carbonyl (C=O) groups is 1. The average Bonchev–Trinajstić information content (AvgIpc) is 3.49. The number of carbonyl (C=O) groups excluding carboxylic acids is 1. The fourth-order valence-corrected chi connectivity index (χ4v) is 3.87. The molecule has 0 spiro atoms. The number of benzene rings is 2. The predicted octanol–water partition coefficient (Wildman–Crippen LogP) is 3.21. The zero-order valence-corrected chi connectivity index (χ0v) is 17.3. The van der Waals surface area contributed by atoms with Gasteiger partial charge in [0, 0.05) is 42.6 Å². The normalized spacial score (nSPS) is 15.1. The summed E-state index contributed by atoms with van der Waals surface area (Å²) in [5.74, 6) is 0.706. The van der Waals surface area contributed by atoms with Gasteiger partial charge in [0.25, 0.3) is 5.91 Å². The van der Waals surface area contributed by atoms with Gasteiger partial charge in [-0.25, -0.2) is 0 Å². The van der Waals surface area contributed by atoms with Crippen molar-refractivity contribution < 1.29 is 4.79 Å². The van der Waals surface area contributed by atoms with Gasteiger partial charge in [-0.2, -0.15) is 0 Å². The Morgan fingerprint density at radius 1 is 1.11 bits per heavy atom. The van der Waals surface area contributed by atoms with Crippen molar-refractivity contribution in [2.75, 3.05) is 20.6 Å². The maximum Gasteiger partial charge on any atom is 0.251 e. The Morgan fingerprint density at radius 3 is 2.41 bits per heavy atom. The molecule has 3 rings (SSSR count). The van der Waals surface area contributed by atoms with E-state index >= 15 is 0 Å². The van der Waals surface area contributed by atoms with Gasteiger partial charge in [-0.05, 0) is 42.2 Å². The van der Waals surface area contributed by atoms with Crippen molar-refractivity contribution in [3.8, 4) is 0 Å². The molecule has 142 valence electrons. The van der Waals surface area contributed by atoms with E-state index in [1.54, 1.807) is 14.1 Å². The lowest BCUT2D eigenvalue weighted by atomic mass is 9.96. The number of rotatable bonds is 6. The molecule has 0 heterocycles. The Morgan fingerprint density at radius 2 is 1.81 bits per heavy atom. The molecule has 1 fully saturated rings. The molecule has 2 aromatic carbocycles. The van der Waals surface area contributed by atoms with E-state index in [1.807, 2.05) is 30.3 Å². The van der Waals surface area contributed by atoms with Crippen LogP contribution >= 0.6 is 15.9 Å². The summed E-state index contributed by atoms with van der Waals surface area (Å²) < 4.78 is 1.17. The van der Waals surface area contributed by atoms with E-state index in [1.165, 1.54) is 22.9 Å². The van der Waals surface area contributed by atoms with Crippen molar-refractivity contribution in [1.82, 2.24) is 16.0 Å². The van der Waals surface area contributed by atoms with Gasteiger partial charge in [0.05, 0.1) is 0 Å². The minimum absolute atomic E-state index is 0.0752. The fraction of sp³-hybridized carbons (Fsp3) is 0.333. The van der Waals surface area contributed by atoms with Crippen molar-refractivity contribution in [3.63, 3.8) is 0 Å². The number of nitrogens with one attached hydrogen (secondary N) is 3. The average molecular weight is 429 g/mol. The van der Waals surface area contributed by atoms with E-state index in [0.29, 0.717) is 12.1 Å². The smallest absolute Gasteiger partial charge is 0.251 e. The van der Waals surface area contributed by atoms with Crippen LogP contribution in [-0.4, -0.2) is 32.5 Å². The molecule has 1 aliphatic rings. The zero-order valence-electron chi connectivity index (χ0n) is 15.7. The first-order valence-electron chi connectivity index (χ1n) is 9.08. The van der Waals surface area contributed by atoms with Crippen molar-refractivity contribution >= 4 is 27.8 Å². The van der Waals surface area contributed by atoms with Crippen LogP contribution < -0.4 is 16.0 Å². The van der Waals surface area contributed by atoms with Gasteiger partial charge in [-0.15, -0.1) is 0 Å². The molecule has 0 atom stereocenters. The van der Waals surface area contributed by atoms with Crippen molar-refractivity contribution in [2.45, 2.75) is 24.8 Å². The Balaban J connectivity index is 1.54. The lowest BCUT2D eigenvalue weighted by Crippen LogP contribution is -2.41. The highest BCUT2D eigenvalue weighted by Crippen LogP contribution is 2.49. The maximum atomic E-state index is 11.6. The number of hydrogen-bond donors (Lipinski definition) is 3. The number of nitrogens with zero attached hydrogens (tertiary/aromatic N) is 1. The van der Waals surface area contributed by atoms with Crippen LogP contribution in [0.25, 0.3) is 0 Å². The molecule has 1 saturated carbocycles. The van der Waals surface area contributed by atoms with Crippen molar-refractivity contribution in [3.05, 3.63) is 69.7 Å². The van der Waals surface area contributed by atoms with E-state index in [4.69, 9.17) is 0 Å². The van der Waals surface area contributed by atoms with Crippen LogP contribution in [0.2, 0.25) is 0 Å². The van der Waals surface area contributed by atoms with Crippen LogP contribution in [0.5, 0.6) is 0 Å². The van der Waals surface area contributed by atoms with Gasteiger partial charge in [0.1, 0.15) is 0 Å². The summed E-state index contributed by atoms with van der Waals surface area (Å²) in [7, 11) is 3.41. The number of halogens is 1. The van der Waals surface area contributed by atoms with Crippen LogP contribution in [0.1, 0.15) is 34.3 Å². The van der Waals surface area contributed by atoms with Crippen LogP contribution in [0.15, 0.2) is 58.0 Å². The topological polar surface area (TPSA) is 65.5 Å². The summed E-state index contributed by atoms with van der Waals surface area (Å²) in [6.45, 7) is 1.50. The van der Waals surface area contributed by atoms with Crippen molar-refractivity contribution in [1.29, 1.82) is 0 Å². The highest BCUT2D eigenvalue weighted by atomic mass is 79.9. The molecule has 0 saturated heterocycles. The van der Waals surface area contributed by atoms with Crippen molar-refractivity contribution in [2.24, 2.45) is 4.99 Å². The maximum absolute atomic E-state index is 11.6. The Labute approximate surface area is 168 Å². The third kappa shape index (κ3) is 4.69. The van der Waals surface area contributed by atoms with Gasteiger partial charge < -0.3 is 16.0 Å². The minimum Gasteiger partial charge on any atom is -0.356 e. The molecule has 3 N–H and O–H groups in total. The number of hydrogen-bond acceptors (Lipinski definition) is 2. The van der Waals surface area contributed by atoms with E-state index in [-0.39, 0.29) is 11.3 Å². The lowest BCUT2D eigenvalue weighted by molar-refractivity contribution is 0.0963. The largest absolute Gasteiger partial charge is 0.356 e. The molecule has 0 aliphatic heterocycles. The van der Waals surface area contributed by atoms with Crippen LogP contribution in [0.3, 0.4) is 0 Å². The Hall–Kier alpha value is -2.34. The summed E-state index contributed by atoms with van der Waals surface area (Å²) in [6.07, 6.45) is 2.36. The highest BCUT2D eigenvalue weighted by molar-refractivity contribution is 9.10. The fourth-order valence-electron chi connectivity index (χ4n) is 3.16. The van der Waals surface area contributed by atoms with Gasteiger partial charge in [-0.3, -0.25) is 9.79 Å². The third-order valence-corrected chi connectivity index (χ3v) is 5.71. The molecule has 6 heteroatoms. The summed E-state index contributed by atoms with van der Waals surface area (Å²) in [6, 6.07) is 16.0. The van der Waals surface area contributed by atoms with E-state index in [0.717, 1.165) is 18.1 Å². The third-order valence-electron chi connectivity index (χ3n) is 5.02. The monoisotopic (exact) mass is 428 g/mol. The molecule has 0 radical (unpaired) electrons. The SMILES string of the molecule is CN=C(NCc1ccc(C(=O)NC)cc1)NCC1(c2ccccc2Br)CC1. The standard InChI is InChI=1S/C21H25BrN4O/c1-23-19(27)16-9-7-15(8-10-16)13-25-20(24-2)26-14-21(11-12-21)17-5-3-4-6-18(17)22/h3-10H,11-14H2,1-2H3,(H,23,27)(H2,24,25,26). The Bertz CT molecular complexity index is 828. The second-order valence-electron chi connectivity index (χ2n) is 6.82. The summed E-state index contributed by atoms with van der Waals surface area (Å²) in [5, 5.41) is 9.43. The molecule has 0 unspecified atom stereocenters. The molecule has 2 aromatic rings. The zero-order chi connectivity index (χ0) is 19.3. The molecule has 5 nitrogen and oxygen atoms in total. The number of amides is 1. The van der Waals surface area contributed by atoms with Crippen LogP contribution in [0, 0.1) is 0 Å². The minimum atomic E-state index is -0.0752. The molecule has 1 aliphatic carbocycles. The lowest BCUT2D eigenvalue weighted by Gasteiger charge is -2.20. The van der Waals surface area contributed by atoms with E-state index in [9.17, 15) is 4.79 Å². The van der Waals surface area contributed by atoms with E-state index in [2.05, 4.69) is 55.1 Å². The second kappa shape index (κ2) is 8.57. The molecule has 27 heavy (non-hydrogen) atoms. The van der Waals surface area contributed by atoms with Crippen LogP contribution in [0.4, 0.5) is 0 Å². The van der Waals surface area contributed by atoms with Gasteiger partial charge in [-0.1, -0.05) is 46.3 Å². The molecule has 0 bridgehead atoms. The summed E-state index contributed by atoms with van der Waals surface area (Å²) in [4.78, 5) is 15.9. The van der Waals surface area contributed by atoms with Gasteiger partial charge in [0.2, 0.25) is 0 Å². The molecule has 0 aromatic heterocycles. The second-order valence-corrected chi connectivity index (χ2v) is 7.67. The predicted molar refractivity (Wildman–Crippen MR) is 113 cm³/mol. The molecular weight excluding hydrogens is 404 g/mol. The first-order chi connectivity index (χ1) is 13.1. The molecule has 1 amide bonds. The first-order valence-corrected chi connectivity index (χ1v) is 9.88. The summed E-state index contributed by atoms with van der Waals surface area (Å²) >= 11 is 3.68. The quantitative estimate of drug-likeness (QED) is 0.488. The van der Waals surface area contributed by atoms with Crippen LogP contribution in [-0.2, 0) is 12.0 Å². The van der Waals surface area contributed by atoms with Gasteiger partial charge >= 0.3 is 0 Å². The summed E-state index contributed by atoms with van der Waals surface area (Å²) in [5.41, 5.74) is 3.30. The highest BCUT2D eigenvalue weighted by Gasteiger charge is 2.45. The molecular formula is C21H25BrN4O.